The molecule has 0 aliphatic rings. The maximum atomic E-state index is 10.8. The molecular formula is C35H64O. The van der Waals surface area contributed by atoms with E-state index >= 15 is 0 Å². The number of rotatable bonds is 26. The summed E-state index contributed by atoms with van der Waals surface area (Å²) in [5.74, 6) is 1.79. The zero-order chi connectivity index (χ0) is 26.1. The third-order valence-electron chi connectivity index (χ3n) is 8.38. The first-order chi connectivity index (χ1) is 17.7. The van der Waals surface area contributed by atoms with Crippen molar-refractivity contribution >= 4 is 0 Å². The van der Waals surface area contributed by atoms with Crippen LogP contribution in [-0.2, 0) is 0 Å². The summed E-state index contributed by atoms with van der Waals surface area (Å²) in [6.45, 7) is 6.91. The molecule has 1 nitrogen and oxygen atoms in total. The van der Waals surface area contributed by atoms with Gasteiger partial charge >= 0.3 is 0 Å². The standard InChI is InChI=1S/C35H64O/c1-4-7-10-13-15-16-18-21-24-29-33(34-30-25-26-31-35(34)36)32(27-22-19-12-9-6-3)28-23-20-17-14-11-8-5-2/h25-26,30-33,36H,4-24,27-29H2,1-3H3. The average Bonchev–Trinajstić information content (AvgIpc) is 2.89. The molecule has 0 radical (unpaired) electrons. The second-order valence-electron chi connectivity index (χ2n) is 11.7. The van der Waals surface area contributed by atoms with Crippen LogP contribution in [-0.4, -0.2) is 5.11 Å². The normalized spacial score (nSPS) is 13.2. The number of hydrogen-bond donors (Lipinski definition) is 1. The van der Waals surface area contributed by atoms with Crippen molar-refractivity contribution in [3.63, 3.8) is 0 Å². The molecule has 0 spiro atoms. The highest BCUT2D eigenvalue weighted by Crippen LogP contribution is 2.40. The maximum Gasteiger partial charge on any atom is 0.119 e. The van der Waals surface area contributed by atoms with E-state index in [1.807, 2.05) is 12.1 Å². The number of phenols is 1. The first kappa shape index (κ1) is 33.0. The van der Waals surface area contributed by atoms with Crippen molar-refractivity contribution in [1.82, 2.24) is 0 Å². The smallest absolute Gasteiger partial charge is 0.119 e. The van der Waals surface area contributed by atoms with Gasteiger partial charge in [0.2, 0.25) is 0 Å². The Hall–Kier alpha value is -0.980. The second kappa shape index (κ2) is 24.4. The summed E-state index contributed by atoms with van der Waals surface area (Å²) in [5.41, 5.74) is 1.23. The molecule has 0 aliphatic carbocycles. The zero-order valence-corrected chi connectivity index (χ0v) is 24.9. The van der Waals surface area contributed by atoms with Gasteiger partial charge in [-0.3, -0.25) is 0 Å². The summed E-state index contributed by atoms with van der Waals surface area (Å²) >= 11 is 0. The number of unbranched alkanes of at least 4 members (excludes halogenated alkanes) is 18. The lowest BCUT2D eigenvalue weighted by molar-refractivity contribution is 0.314. The highest BCUT2D eigenvalue weighted by Gasteiger charge is 2.24. The fourth-order valence-corrected chi connectivity index (χ4v) is 6.04. The molecule has 1 N–H and O–H groups in total. The number of aromatic hydroxyl groups is 1. The Bertz CT molecular complexity index is 580. The van der Waals surface area contributed by atoms with Crippen LogP contribution in [0.25, 0.3) is 0 Å². The second-order valence-corrected chi connectivity index (χ2v) is 11.7. The minimum Gasteiger partial charge on any atom is -0.508 e. The molecule has 0 bridgehead atoms. The van der Waals surface area contributed by atoms with Crippen LogP contribution in [0.5, 0.6) is 5.75 Å². The molecule has 0 aromatic heterocycles. The highest BCUT2D eigenvalue weighted by atomic mass is 16.3. The molecule has 0 fully saturated rings. The average molecular weight is 501 g/mol. The molecule has 0 aliphatic heterocycles. The molecule has 2 atom stereocenters. The maximum absolute atomic E-state index is 10.8. The molecule has 0 heterocycles. The fraction of sp³-hybridized carbons (Fsp3) is 0.829. The van der Waals surface area contributed by atoms with E-state index in [1.165, 1.54) is 160 Å². The van der Waals surface area contributed by atoms with Crippen molar-refractivity contribution in [3.05, 3.63) is 29.8 Å². The summed E-state index contributed by atoms with van der Waals surface area (Å²) in [7, 11) is 0. The van der Waals surface area contributed by atoms with Crippen LogP contribution in [0.4, 0.5) is 0 Å². The van der Waals surface area contributed by atoms with Crippen molar-refractivity contribution in [2.45, 2.75) is 181 Å². The molecule has 210 valence electrons. The predicted molar refractivity (Wildman–Crippen MR) is 162 cm³/mol. The van der Waals surface area contributed by atoms with Gasteiger partial charge in [0, 0.05) is 0 Å². The van der Waals surface area contributed by atoms with E-state index in [0.717, 1.165) is 5.92 Å². The summed E-state index contributed by atoms with van der Waals surface area (Å²) in [6, 6.07) is 8.28. The van der Waals surface area contributed by atoms with Gasteiger partial charge in [-0.05, 0) is 42.7 Å². The fourth-order valence-electron chi connectivity index (χ4n) is 6.04. The molecule has 1 aromatic carbocycles. The van der Waals surface area contributed by atoms with Crippen LogP contribution < -0.4 is 0 Å². The van der Waals surface area contributed by atoms with Gasteiger partial charge in [0.15, 0.2) is 0 Å². The Morgan fingerprint density at radius 3 is 1.25 bits per heavy atom. The third-order valence-corrected chi connectivity index (χ3v) is 8.38. The minimum absolute atomic E-state index is 0.530. The van der Waals surface area contributed by atoms with Gasteiger partial charge in [0.05, 0.1) is 0 Å². The van der Waals surface area contributed by atoms with Gasteiger partial charge in [0.1, 0.15) is 5.75 Å². The topological polar surface area (TPSA) is 20.2 Å². The Kier molecular flexibility index (Phi) is 22.4. The van der Waals surface area contributed by atoms with E-state index in [9.17, 15) is 5.11 Å². The third kappa shape index (κ3) is 16.7. The summed E-state index contributed by atoms with van der Waals surface area (Å²) in [5, 5.41) is 10.8. The van der Waals surface area contributed by atoms with Crippen molar-refractivity contribution in [2.75, 3.05) is 0 Å². The monoisotopic (exact) mass is 500 g/mol. The molecule has 2 unspecified atom stereocenters. The lowest BCUT2D eigenvalue weighted by Crippen LogP contribution is -2.14. The zero-order valence-electron chi connectivity index (χ0n) is 24.9. The summed E-state index contributed by atoms with van der Waals surface area (Å²) < 4.78 is 0. The number of hydrogen-bond acceptors (Lipinski definition) is 1. The molecule has 1 heteroatoms. The van der Waals surface area contributed by atoms with Crippen molar-refractivity contribution in [2.24, 2.45) is 5.92 Å². The Morgan fingerprint density at radius 2 is 0.833 bits per heavy atom. The molecule has 36 heavy (non-hydrogen) atoms. The minimum atomic E-state index is 0.530. The van der Waals surface area contributed by atoms with E-state index in [-0.39, 0.29) is 0 Å². The SMILES string of the molecule is CCCCCCCCCCCC(c1ccccc1O)C(CCCCCCC)CCCCCCCCC. The van der Waals surface area contributed by atoms with Crippen LogP contribution in [0.15, 0.2) is 24.3 Å². The van der Waals surface area contributed by atoms with Gasteiger partial charge < -0.3 is 5.11 Å². The van der Waals surface area contributed by atoms with E-state index < -0.39 is 0 Å². The van der Waals surface area contributed by atoms with Crippen LogP contribution >= 0.6 is 0 Å². The van der Waals surface area contributed by atoms with Crippen molar-refractivity contribution in [1.29, 1.82) is 0 Å². The van der Waals surface area contributed by atoms with E-state index in [0.29, 0.717) is 11.7 Å². The Labute approximate surface area is 227 Å². The first-order valence-corrected chi connectivity index (χ1v) is 16.5. The predicted octanol–water partition coefficient (Wildman–Crippen LogP) is 12.5. The Morgan fingerprint density at radius 1 is 0.472 bits per heavy atom. The van der Waals surface area contributed by atoms with E-state index in [4.69, 9.17) is 0 Å². The molecular weight excluding hydrogens is 436 g/mol. The lowest BCUT2D eigenvalue weighted by Gasteiger charge is -2.29. The van der Waals surface area contributed by atoms with Crippen molar-refractivity contribution < 1.29 is 5.11 Å². The van der Waals surface area contributed by atoms with Gasteiger partial charge in [0.25, 0.3) is 0 Å². The lowest BCUT2D eigenvalue weighted by atomic mass is 9.76. The van der Waals surface area contributed by atoms with Gasteiger partial charge in [-0.2, -0.15) is 0 Å². The number of phenolic OH excluding ortho intramolecular Hbond substituents is 1. The van der Waals surface area contributed by atoms with Gasteiger partial charge in [-0.15, -0.1) is 0 Å². The van der Waals surface area contributed by atoms with Crippen molar-refractivity contribution in [3.8, 4) is 5.75 Å². The van der Waals surface area contributed by atoms with Crippen LogP contribution in [0.2, 0.25) is 0 Å². The summed E-state index contributed by atoms with van der Waals surface area (Å²) in [6.07, 6.45) is 33.0. The molecule has 0 saturated carbocycles. The Balaban J connectivity index is 2.65. The van der Waals surface area contributed by atoms with E-state index in [1.54, 1.807) is 0 Å². The highest BCUT2D eigenvalue weighted by molar-refractivity contribution is 5.35. The number of benzene rings is 1. The van der Waals surface area contributed by atoms with Gasteiger partial charge in [-0.1, -0.05) is 174 Å². The molecule has 1 aromatic rings. The number of para-hydroxylation sites is 1. The van der Waals surface area contributed by atoms with Crippen LogP contribution in [0, 0.1) is 5.92 Å². The largest absolute Gasteiger partial charge is 0.508 e. The van der Waals surface area contributed by atoms with Gasteiger partial charge in [-0.25, -0.2) is 0 Å². The van der Waals surface area contributed by atoms with Crippen LogP contribution in [0.1, 0.15) is 186 Å². The summed E-state index contributed by atoms with van der Waals surface area (Å²) in [4.78, 5) is 0. The molecule has 0 saturated heterocycles. The molecule has 0 amide bonds. The first-order valence-electron chi connectivity index (χ1n) is 16.5. The molecule has 1 rings (SSSR count). The van der Waals surface area contributed by atoms with Crippen LogP contribution in [0.3, 0.4) is 0 Å². The quantitative estimate of drug-likeness (QED) is 0.125. The van der Waals surface area contributed by atoms with E-state index in [2.05, 4.69) is 32.9 Å².